The second kappa shape index (κ2) is 6.23. The Labute approximate surface area is 118 Å². The highest BCUT2D eigenvalue weighted by molar-refractivity contribution is 7.92. The van der Waals surface area contributed by atoms with Crippen LogP contribution in [-0.2, 0) is 26.0 Å². The summed E-state index contributed by atoms with van der Waals surface area (Å²) in [6, 6.07) is 6.82. The van der Waals surface area contributed by atoms with Gasteiger partial charge < -0.3 is 9.64 Å². The van der Waals surface area contributed by atoms with Gasteiger partial charge in [-0.1, -0.05) is 12.1 Å². The monoisotopic (exact) mass is 298 g/mol. The van der Waals surface area contributed by atoms with Crippen molar-refractivity contribution in [2.45, 2.75) is 6.42 Å². The first-order valence-electron chi connectivity index (χ1n) is 6.36. The van der Waals surface area contributed by atoms with Crippen LogP contribution in [-0.4, -0.2) is 51.8 Å². The topological polar surface area (TPSA) is 75.7 Å². The van der Waals surface area contributed by atoms with Crippen LogP contribution in [0.5, 0.6) is 0 Å². The molecule has 6 nitrogen and oxygen atoms in total. The van der Waals surface area contributed by atoms with Gasteiger partial charge in [0, 0.05) is 18.8 Å². The highest BCUT2D eigenvalue weighted by Gasteiger charge is 2.16. The molecule has 110 valence electrons. The molecule has 1 fully saturated rings. The van der Waals surface area contributed by atoms with Crippen molar-refractivity contribution in [1.29, 1.82) is 0 Å². The molecule has 0 aliphatic carbocycles. The van der Waals surface area contributed by atoms with Crippen molar-refractivity contribution >= 4 is 21.6 Å². The van der Waals surface area contributed by atoms with Crippen LogP contribution in [0, 0.1) is 0 Å². The fraction of sp³-hybridized carbons (Fsp3) is 0.462. The number of nitrogens with zero attached hydrogens (tertiary/aromatic N) is 1. The summed E-state index contributed by atoms with van der Waals surface area (Å²) in [7, 11) is -3.27. The lowest BCUT2D eigenvalue weighted by Crippen LogP contribution is -2.41. The van der Waals surface area contributed by atoms with Crippen LogP contribution in [0.4, 0.5) is 5.69 Å². The highest BCUT2D eigenvalue weighted by Crippen LogP contribution is 2.12. The predicted molar refractivity (Wildman–Crippen MR) is 76.0 cm³/mol. The number of morpholine rings is 1. The quantitative estimate of drug-likeness (QED) is 0.876. The third kappa shape index (κ3) is 4.50. The summed E-state index contributed by atoms with van der Waals surface area (Å²) in [6.45, 7) is 2.44. The number of benzene rings is 1. The van der Waals surface area contributed by atoms with Gasteiger partial charge in [0.2, 0.25) is 15.9 Å². The van der Waals surface area contributed by atoms with Crippen LogP contribution in [0.3, 0.4) is 0 Å². The van der Waals surface area contributed by atoms with Crippen LogP contribution in [0.15, 0.2) is 24.3 Å². The molecule has 1 saturated heterocycles. The van der Waals surface area contributed by atoms with E-state index in [0.717, 1.165) is 11.8 Å². The Morgan fingerprint density at radius 2 is 1.85 bits per heavy atom. The summed E-state index contributed by atoms with van der Waals surface area (Å²) >= 11 is 0. The van der Waals surface area contributed by atoms with E-state index in [0.29, 0.717) is 38.4 Å². The van der Waals surface area contributed by atoms with E-state index in [9.17, 15) is 13.2 Å². The maximum absolute atomic E-state index is 12.0. The second-order valence-corrected chi connectivity index (χ2v) is 6.49. The summed E-state index contributed by atoms with van der Waals surface area (Å²) in [6.07, 6.45) is 1.42. The van der Waals surface area contributed by atoms with Crippen molar-refractivity contribution in [2.24, 2.45) is 0 Å². The molecule has 7 heteroatoms. The number of amides is 1. The zero-order chi connectivity index (χ0) is 14.6. The summed E-state index contributed by atoms with van der Waals surface area (Å²) in [4.78, 5) is 13.8. The summed E-state index contributed by atoms with van der Waals surface area (Å²) in [5, 5.41) is 0. The number of hydrogen-bond acceptors (Lipinski definition) is 4. The Morgan fingerprint density at radius 3 is 2.40 bits per heavy atom. The lowest BCUT2D eigenvalue weighted by molar-refractivity contribution is -0.134. The van der Waals surface area contributed by atoms with Gasteiger partial charge in [-0.3, -0.25) is 9.52 Å². The molecule has 0 saturated carbocycles. The van der Waals surface area contributed by atoms with E-state index in [4.69, 9.17) is 4.74 Å². The molecule has 1 aromatic carbocycles. The number of ether oxygens (including phenoxy) is 1. The minimum Gasteiger partial charge on any atom is -0.378 e. The second-order valence-electron chi connectivity index (χ2n) is 4.74. The maximum atomic E-state index is 12.0. The zero-order valence-corrected chi connectivity index (χ0v) is 12.1. The third-order valence-corrected chi connectivity index (χ3v) is 3.58. The summed E-state index contributed by atoms with van der Waals surface area (Å²) < 4.78 is 29.8. The van der Waals surface area contributed by atoms with Crippen molar-refractivity contribution in [3.8, 4) is 0 Å². The highest BCUT2D eigenvalue weighted by atomic mass is 32.2. The van der Waals surface area contributed by atoms with Crippen LogP contribution in [0.1, 0.15) is 5.56 Å². The van der Waals surface area contributed by atoms with Gasteiger partial charge in [-0.15, -0.1) is 0 Å². The lowest BCUT2D eigenvalue weighted by atomic mass is 10.1. The van der Waals surface area contributed by atoms with Gasteiger partial charge in [0.25, 0.3) is 0 Å². The molecular formula is C13H18N2O4S. The average molecular weight is 298 g/mol. The van der Waals surface area contributed by atoms with E-state index >= 15 is 0 Å². The number of rotatable bonds is 4. The predicted octanol–water partition coefficient (Wildman–Crippen LogP) is 0.459. The molecule has 2 rings (SSSR count). The van der Waals surface area contributed by atoms with Crippen molar-refractivity contribution in [1.82, 2.24) is 4.90 Å². The molecule has 1 amide bonds. The first-order valence-corrected chi connectivity index (χ1v) is 8.25. The van der Waals surface area contributed by atoms with Gasteiger partial charge >= 0.3 is 0 Å². The normalized spacial score (nSPS) is 15.9. The van der Waals surface area contributed by atoms with Gasteiger partial charge in [-0.05, 0) is 17.7 Å². The van der Waals surface area contributed by atoms with Crippen molar-refractivity contribution in [3.05, 3.63) is 29.8 Å². The Kier molecular flexibility index (Phi) is 4.61. The summed E-state index contributed by atoms with van der Waals surface area (Å²) in [5.74, 6) is 0.0668. The first kappa shape index (κ1) is 14.8. The molecule has 0 unspecified atom stereocenters. The molecule has 1 heterocycles. The fourth-order valence-electron chi connectivity index (χ4n) is 2.00. The minimum atomic E-state index is -3.27. The van der Waals surface area contributed by atoms with Gasteiger partial charge in [0.15, 0.2) is 0 Å². The number of hydrogen-bond donors (Lipinski definition) is 1. The van der Waals surface area contributed by atoms with Crippen LogP contribution < -0.4 is 4.72 Å². The van der Waals surface area contributed by atoms with Gasteiger partial charge in [-0.25, -0.2) is 8.42 Å². The minimum absolute atomic E-state index is 0.0668. The standard InChI is InChI=1S/C13H18N2O4S/c1-20(17,18)14-12-4-2-11(3-5-12)10-13(16)15-6-8-19-9-7-15/h2-5,14H,6-10H2,1H3. The zero-order valence-electron chi connectivity index (χ0n) is 11.3. The number of sulfonamides is 1. The van der Waals surface area contributed by atoms with Crippen LogP contribution >= 0.6 is 0 Å². The first-order chi connectivity index (χ1) is 9.44. The van der Waals surface area contributed by atoms with E-state index in [2.05, 4.69) is 4.72 Å². The number of anilines is 1. The Hall–Kier alpha value is -1.60. The van der Waals surface area contributed by atoms with Crippen LogP contribution in [0.2, 0.25) is 0 Å². The molecule has 20 heavy (non-hydrogen) atoms. The van der Waals surface area contributed by atoms with E-state index < -0.39 is 10.0 Å². The molecule has 0 atom stereocenters. The van der Waals surface area contributed by atoms with Gasteiger partial charge in [0.05, 0.1) is 25.9 Å². The molecule has 1 aromatic rings. The molecule has 0 spiro atoms. The Balaban J connectivity index is 1.94. The lowest BCUT2D eigenvalue weighted by Gasteiger charge is -2.26. The van der Waals surface area contributed by atoms with Crippen LogP contribution in [0.25, 0.3) is 0 Å². The smallest absolute Gasteiger partial charge is 0.229 e. The molecule has 0 bridgehead atoms. The largest absolute Gasteiger partial charge is 0.378 e. The van der Waals surface area contributed by atoms with E-state index in [1.54, 1.807) is 29.2 Å². The van der Waals surface area contributed by atoms with E-state index in [1.165, 1.54) is 0 Å². The fourth-order valence-corrected chi connectivity index (χ4v) is 2.57. The van der Waals surface area contributed by atoms with Gasteiger partial charge in [0.1, 0.15) is 0 Å². The SMILES string of the molecule is CS(=O)(=O)Nc1ccc(CC(=O)N2CCOCC2)cc1. The van der Waals surface area contributed by atoms with Gasteiger partial charge in [-0.2, -0.15) is 0 Å². The molecule has 1 N–H and O–H groups in total. The molecule has 0 radical (unpaired) electrons. The maximum Gasteiger partial charge on any atom is 0.229 e. The molecule has 0 aromatic heterocycles. The van der Waals surface area contributed by atoms with E-state index in [-0.39, 0.29) is 5.91 Å². The van der Waals surface area contributed by atoms with Crippen molar-refractivity contribution in [2.75, 3.05) is 37.3 Å². The summed E-state index contributed by atoms with van der Waals surface area (Å²) in [5.41, 5.74) is 1.36. The van der Waals surface area contributed by atoms with Crippen molar-refractivity contribution in [3.63, 3.8) is 0 Å². The van der Waals surface area contributed by atoms with Crippen molar-refractivity contribution < 1.29 is 17.9 Å². The Bertz CT molecular complexity index is 563. The number of carbonyl (C=O) groups excluding carboxylic acids is 1. The number of nitrogens with one attached hydrogen (secondary N) is 1. The van der Waals surface area contributed by atoms with E-state index in [1.807, 2.05) is 0 Å². The molecular weight excluding hydrogens is 280 g/mol. The third-order valence-electron chi connectivity index (χ3n) is 2.98. The average Bonchev–Trinajstić information content (AvgIpc) is 2.40. The molecule has 1 aliphatic rings. The Morgan fingerprint density at radius 1 is 1.25 bits per heavy atom. The number of carbonyl (C=O) groups is 1. The molecule has 1 aliphatic heterocycles.